The van der Waals surface area contributed by atoms with E-state index >= 15 is 0 Å². The Morgan fingerprint density at radius 2 is 0.929 bits per heavy atom. The van der Waals surface area contributed by atoms with E-state index in [2.05, 4.69) is 39.8 Å². The Morgan fingerprint density at radius 3 is 1.46 bits per heavy atom. The minimum atomic E-state index is 1.28. The van der Waals surface area contributed by atoms with Crippen molar-refractivity contribution in [3.8, 4) is 0 Å². The molecular weight excluding hydrogens is 336 g/mol. The summed E-state index contributed by atoms with van der Waals surface area (Å²) < 4.78 is 0. The van der Waals surface area contributed by atoms with Crippen LogP contribution in [0.3, 0.4) is 0 Å². The molecule has 0 saturated carbocycles. The second kappa shape index (κ2) is 13.2. The van der Waals surface area contributed by atoms with Crippen molar-refractivity contribution in [3.05, 3.63) is 45.6 Å². The number of hydrogen-bond acceptors (Lipinski definition) is 0. The van der Waals surface area contributed by atoms with Crippen molar-refractivity contribution in [2.24, 2.45) is 0 Å². The number of hydrogen-bond donors (Lipinski definition) is 0. The van der Waals surface area contributed by atoms with Crippen molar-refractivity contribution in [1.82, 2.24) is 0 Å². The van der Waals surface area contributed by atoms with Crippen molar-refractivity contribution < 1.29 is 0 Å². The summed E-state index contributed by atoms with van der Waals surface area (Å²) in [5, 5.41) is 0. The van der Waals surface area contributed by atoms with Gasteiger partial charge in [0.2, 0.25) is 0 Å². The van der Waals surface area contributed by atoms with Crippen LogP contribution in [0.15, 0.2) is 45.6 Å². The minimum Gasteiger partial charge on any atom is -0.0654 e. The van der Waals surface area contributed by atoms with Crippen LogP contribution >= 0.6 is 0 Å². The predicted octanol–water partition coefficient (Wildman–Crippen LogP) is 9.78. The van der Waals surface area contributed by atoms with Crippen LogP contribution in [0.4, 0.5) is 0 Å². The summed E-state index contributed by atoms with van der Waals surface area (Å²) >= 11 is 0. The number of allylic oxidation sites excluding steroid dienone is 8. The van der Waals surface area contributed by atoms with E-state index in [-0.39, 0.29) is 0 Å². The highest BCUT2D eigenvalue weighted by atomic mass is 14.4. The van der Waals surface area contributed by atoms with Crippen molar-refractivity contribution in [2.45, 2.75) is 130 Å². The van der Waals surface area contributed by atoms with Gasteiger partial charge >= 0.3 is 0 Å². The Kier molecular flexibility index (Phi) is 11.0. The fourth-order valence-corrected chi connectivity index (χ4v) is 4.92. The Balaban J connectivity index is 2.26. The maximum absolute atomic E-state index is 2.49. The molecule has 0 aromatic heterocycles. The number of unbranched alkanes of at least 4 members (excludes halogenated alkanes) is 8. The third-order valence-corrected chi connectivity index (χ3v) is 6.54. The Hall–Kier alpha value is -1.04. The largest absolute Gasteiger partial charge is 0.0654 e. The minimum absolute atomic E-state index is 1.28. The zero-order chi connectivity index (χ0) is 20.2. The van der Waals surface area contributed by atoms with Gasteiger partial charge in [0.05, 0.1) is 0 Å². The van der Waals surface area contributed by atoms with Crippen LogP contribution in [0.25, 0.3) is 0 Å². The maximum atomic E-state index is 2.49. The first-order valence-corrected chi connectivity index (χ1v) is 12.7. The Morgan fingerprint density at radius 1 is 0.464 bits per heavy atom. The highest BCUT2D eigenvalue weighted by Crippen LogP contribution is 2.49. The highest BCUT2D eigenvalue weighted by Gasteiger charge is 2.31. The molecule has 0 aromatic rings. The van der Waals surface area contributed by atoms with Crippen LogP contribution in [0.1, 0.15) is 130 Å². The summed E-state index contributed by atoms with van der Waals surface area (Å²) in [6, 6.07) is 0. The van der Waals surface area contributed by atoms with Gasteiger partial charge in [0, 0.05) is 0 Å². The number of fused-ring (bicyclic) bond motifs is 1. The van der Waals surface area contributed by atoms with Gasteiger partial charge in [0.1, 0.15) is 0 Å². The zero-order valence-electron chi connectivity index (χ0n) is 19.5. The van der Waals surface area contributed by atoms with Crippen LogP contribution < -0.4 is 0 Å². The van der Waals surface area contributed by atoms with Crippen molar-refractivity contribution >= 4 is 0 Å². The molecule has 0 heteroatoms. The van der Waals surface area contributed by atoms with Gasteiger partial charge in [-0.2, -0.15) is 0 Å². The average Bonchev–Trinajstić information content (AvgIpc) is 3.22. The van der Waals surface area contributed by atoms with Crippen LogP contribution in [0.2, 0.25) is 0 Å². The van der Waals surface area contributed by atoms with Gasteiger partial charge in [0.15, 0.2) is 0 Å². The molecule has 0 bridgehead atoms. The molecule has 28 heavy (non-hydrogen) atoms. The van der Waals surface area contributed by atoms with Gasteiger partial charge < -0.3 is 0 Å². The molecule has 0 nitrogen and oxygen atoms in total. The molecule has 0 radical (unpaired) electrons. The molecule has 0 amide bonds. The molecule has 0 atom stereocenters. The van der Waals surface area contributed by atoms with Crippen LogP contribution in [0, 0.1) is 0 Å². The van der Waals surface area contributed by atoms with Gasteiger partial charge in [-0.1, -0.05) is 91.2 Å². The summed E-state index contributed by atoms with van der Waals surface area (Å²) in [5.41, 5.74) is 10.3. The molecule has 2 aliphatic rings. The molecule has 0 aromatic carbocycles. The van der Waals surface area contributed by atoms with Crippen molar-refractivity contribution in [3.63, 3.8) is 0 Å². The quantitative estimate of drug-likeness (QED) is 0.233. The van der Waals surface area contributed by atoms with Crippen molar-refractivity contribution in [2.75, 3.05) is 0 Å². The topological polar surface area (TPSA) is 0 Å². The van der Waals surface area contributed by atoms with E-state index in [1.807, 2.05) is 0 Å². The summed E-state index contributed by atoms with van der Waals surface area (Å²) in [6.07, 6.45) is 26.4. The van der Waals surface area contributed by atoms with E-state index in [1.54, 1.807) is 33.4 Å². The lowest BCUT2D eigenvalue weighted by atomic mass is 9.91. The van der Waals surface area contributed by atoms with Crippen LogP contribution in [-0.4, -0.2) is 0 Å². The molecule has 0 unspecified atom stereocenters. The normalized spacial score (nSPS) is 16.1. The molecule has 0 aliphatic heterocycles. The average molecular weight is 383 g/mol. The third-order valence-electron chi connectivity index (χ3n) is 6.54. The highest BCUT2D eigenvalue weighted by molar-refractivity contribution is 5.74. The van der Waals surface area contributed by atoms with Gasteiger partial charge in [-0.3, -0.25) is 0 Å². The van der Waals surface area contributed by atoms with E-state index < -0.39 is 0 Å². The fourth-order valence-electron chi connectivity index (χ4n) is 4.92. The molecule has 2 aliphatic carbocycles. The van der Waals surface area contributed by atoms with Gasteiger partial charge in [0.25, 0.3) is 0 Å². The number of rotatable bonds is 16. The summed E-state index contributed by atoms with van der Waals surface area (Å²) in [6.45, 7) is 9.31. The molecule has 2 rings (SSSR count). The van der Waals surface area contributed by atoms with Gasteiger partial charge in [-0.25, -0.2) is 0 Å². The van der Waals surface area contributed by atoms with E-state index in [0.717, 1.165) is 0 Å². The van der Waals surface area contributed by atoms with Gasteiger partial charge in [-0.05, 0) is 84.8 Å². The molecule has 0 fully saturated rings. The second-order valence-electron chi connectivity index (χ2n) is 8.91. The lowest BCUT2D eigenvalue weighted by Gasteiger charge is -2.14. The first-order valence-electron chi connectivity index (χ1n) is 12.7. The van der Waals surface area contributed by atoms with Gasteiger partial charge in [-0.15, -0.1) is 0 Å². The molecule has 158 valence electrons. The van der Waals surface area contributed by atoms with Crippen molar-refractivity contribution in [1.29, 1.82) is 0 Å². The SMILES string of the molecule is CCCCCC1=CC=C2C(CCCCC)=C(CCCCC)C(CCCCC)=C12. The molecular formula is C28H46. The smallest absolute Gasteiger partial charge is 0.0114 e. The first kappa shape index (κ1) is 23.2. The maximum Gasteiger partial charge on any atom is -0.0114 e. The molecule has 0 N–H and O–H groups in total. The fraction of sp³-hybridized carbons (Fsp3) is 0.714. The summed E-state index contributed by atoms with van der Waals surface area (Å²) in [5.74, 6) is 0. The second-order valence-corrected chi connectivity index (χ2v) is 8.91. The monoisotopic (exact) mass is 382 g/mol. The zero-order valence-corrected chi connectivity index (χ0v) is 19.5. The predicted molar refractivity (Wildman–Crippen MR) is 127 cm³/mol. The third kappa shape index (κ3) is 6.23. The molecule has 0 heterocycles. The molecule has 0 spiro atoms. The lowest BCUT2D eigenvalue weighted by Crippen LogP contribution is -1.95. The summed E-state index contributed by atoms with van der Waals surface area (Å²) in [4.78, 5) is 0. The summed E-state index contributed by atoms with van der Waals surface area (Å²) in [7, 11) is 0. The molecule has 0 saturated heterocycles. The van der Waals surface area contributed by atoms with E-state index in [9.17, 15) is 0 Å². The Labute approximate surface area is 176 Å². The Bertz CT molecular complexity index is 594. The van der Waals surface area contributed by atoms with E-state index in [1.165, 1.54) is 103 Å². The van der Waals surface area contributed by atoms with E-state index in [4.69, 9.17) is 0 Å². The first-order chi connectivity index (χ1) is 13.8. The van der Waals surface area contributed by atoms with Crippen LogP contribution in [0.5, 0.6) is 0 Å². The van der Waals surface area contributed by atoms with E-state index in [0.29, 0.717) is 0 Å². The standard InChI is InChI=1S/C28H46/c1-5-9-13-17-23-21-22-27-25(19-15-11-7-3)24(18-14-10-6-2)26(28(23)27)20-16-12-8-4/h21-22H,5-20H2,1-4H3. The van der Waals surface area contributed by atoms with Crippen LogP contribution in [-0.2, 0) is 0 Å². The lowest BCUT2D eigenvalue weighted by molar-refractivity contribution is 0.679.